The van der Waals surface area contributed by atoms with Crippen LogP contribution in [-0.4, -0.2) is 40.9 Å². The van der Waals surface area contributed by atoms with Crippen molar-refractivity contribution < 1.29 is 101 Å². The van der Waals surface area contributed by atoms with Crippen LogP contribution >= 0.6 is 15.2 Å². The molecule has 0 aromatic rings. The summed E-state index contributed by atoms with van der Waals surface area (Å²) in [6.45, 7) is 0. The van der Waals surface area contributed by atoms with Gasteiger partial charge in [0.1, 0.15) is 0 Å². The maximum absolute atomic E-state index is 10.9. The summed E-state index contributed by atoms with van der Waals surface area (Å²) < 4.78 is 21.8. The van der Waals surface area contributed by atoms with Gasteiger partial charge in [-0.15, -0.1) is 0 Å². The van der Waals surface area contributed by atoms with Crippen molar-refractivity contribution in [3.63, 3.8) is 0 Å². The van der Waals surface area contributed by atoms with Gasteiger partial charge in [0.2, 0.25) is 0 Å². The molecular weight excluding hydrogens is 420 g/mol. The summed E-state index contributed by atoms with van der Waals surface area (Å²) in [7, 11) is -8.89. The van der Waals surface area contributed by atoms with Crippen molar-refractivity contribution in [2.45, 2.75) is 70.6 Å². The van der Waals surface area contributed by atoms with Gasteiger partial charge in [0.15, 0.2) is 10.9 Å². The molecular formula is C13H30N2Na2O8P2. The van der Waals surface area contributed by atoms with E-state index in [9.17, 15) is 9.13 Å². The Bertz CT molecular complexity index is 501. The molecule has 6 N–H and O–H groups in total. The van der Waals surface area contributed by atoms with Gasteiger partial charge in [-0.2, -0.15) is 0 Å². The van der Waals surface area contributed by atoms with E-state index in [-0.39, 0.29) is 74.8 Å². The largest absolute Gasteiger partial charge is 1.00 e. The average molecular weight is 450 g/mol. The topological polar surface area (TPSA) is 180 Å². The Kier molecular flexibility index (Phi) is 22.0. The van der Waals surface area contributed by atoms with Gasteiger partial charge in [0, 0.05) is 12.8 Å². The predicted molar refractivity (Wildman–Crippen MR) is 95.5 cm³/mol. The Balaban J connectivity index is -0.000000480. The van der Waals surface area contributed by atoms with E-state index in [2.05, 4.69) is 10.3 Å². The van der Waals surface area contributed by atoms with E-state index in [1.807, 2.05) is 0 Å². The van der Waals surface area contributed by atoms with Crippen LogP contribution < -0.4 is 59.1 Å². The molecule has 0 spiro atoms. The van der Waals surface area contributed by atoms with Crippen LogP contribution in [0.5, 0.6) is 0 Å². The van der Waals surface area contributed by atoms with Crippen LogP contribution in [0, 0.1) is 0 Å². The fraction of sp³-hybridized carbons (Fsp3) is 0.846. The van der Waals surface area contributed by atoms with E-state index >= 15 is 0 Å². The van der Waals surface area contributed by atoms with Crippen molar-refractivity contribution in [1.82, 2.24) is 0 Å². The molecule has 27 heavy (non-hydrogen) atoms. The normalized spacial score (nSPS) is 13.0. The van der Waals surface area contributed by atoms with Crippen molar-refractivity contribution >= 4 is 26.1 Å². The van der Waals surface area contributed by atoms with Gasteiger partial charge >= 0.3 is 74.3 Å². The van der Waals surface area contributed by atoms with Gasteiger partial charge in [0.25, 0.3) is 0 Å². The molecule has 0 aliphatic heterocycles. The first kappa shape index (κ1) is 32.9. The molecule has 0 amide bonds. The van der Waals surface area contributed by atoms with Gasteiger partial charge in [-0.3, -0.25) is 9.13 Å². The first-order valence-electron chi connectivity index (χ1n) is 8.17. The van der Waals surface area contributed by atoms with Crippen molar-refractivity contribution in [3.05, 3.63) is 0 Å². The minimum Gasteiger partial charge on any atom is -1.00 e. The quantitative estimate of drug-likeness (QED) is 0.0418. The summed E-state index contributed by atoms with van der Waals surface area (Å²) in [5.74, 6) is 0. The van der Waals surface area contributed by atoms with Crippen LogP contribution in [-0.2, 0) is 9.13 Å². The molecule has 0 aromatic heterocycles. The Hall–Kier alpha value is 1.24. The van der Waals surface area contributed by atoms with Crippen LogP contribution in [0.15, 0.2) is 10.3 Å². The van der Waals surface area contributed by atoms with E-state index in [0.717, 1.165) is 44.9 Å². The first-order chi connectivity index (χ1) is 11.6. The molecule has 14 heteroatoms. The molecule has 0 radical (unpaired) electrons. The standard InChI is InChI=1S/C13H28N2O8P2.2Na.2H/c16-14-12(24(18,19)20)10-8-6-4-2-1-3-5-7-9-11-13(15-17)25(21,22)23;;;;/h16-17H,1-11H2,(H2,18,19,20)(H2,21,22,23);;;;/q;2*+1;2*-1/b14-12-,15-13+;;;;. The number of hydrogen-bond acceptors (Lipinski definition) is 6. The minimum atomic E-state index is -4.45. The Morgan fingerprint density at radius 3 is 1.00 bits per heavy atom. The summed E-state index contributed by atoms with van der Waals surface area (Å²) in [5, 5.41) is 22.4. The molecule has 10 nitrogen and oxygen atoms in total. The van der Waals surface area contributed by atoms with E-state index in [4.69, 9.17) is 30.0 Å². The molecule has 0 rings (SSSR count). The van der Waals surface area contributed by atoms with E-state index in [0.29, 0.717) is 12.8 Å². The van der Waals surface area contributed by atoms with Crippen LogP contribution in [0.3, 0.4) is 0 Å². The van der Waals surface area contributed by atoms with Crippen molar-refractivity contribution in [1.29, 1.82) is 0 Å². The summed E-state index contributed by atoms with van der Waals surface area (Å²) in [6, 6.07) is 0. The maximum Gasteiger partial charge on any atom is 1.00 e. The summed E-state index contributed by atoms with van der Waals surface area (Å²) in [5.41, 5.74) is -0.956. The second-order valence-corrected chi connectivity index (χ2v) is 9.01. The third-order valence-corrected chi connectivity index (χ3v) is 5.68. The number of rotatable bonds is 14. The van der Waals surface area contributed by atoms with E-state index < -0.39 is 26.1 Å². The van der Waals surface area contributed by atoms with Crippen LogP contribution in [0.2, 0.25) is 0 Å². The van der Waals surface area contributed by atoms with Gasteiger partial charge in [-0.05, 0) is 12.8 Å². The fourth-order valence-electron chi connectivity index (χ4n) is 2.31. The third-order valence-electron chi connectivity index (χ3n) is 3.70. The second kappa shape index (κ2) is 18.0. The number of oxime groups is 2. The van der Waals surface area contributed by atoms with Gasteiger partial charge < -0.3 is 32.8 Å². The van der Waals surface area contributed by atoms with Crippen molar-refractivity contribution in [2.75, 3.05) is 0 Å². The fourth-order valence-corrected chi connectivity index (χ4v) is 3.44. The molecule has 0 aliphatic rings. The van der Waals surface area contributed by atoms with Crippen LogP contribution in [0.25, 0.3) is 0 Å². The molecule has 152 valence electrons. The molecule has 0 saturated heterocycles. The minimum absolute atomic E-state index is 0. The average Bonchev–Trinajstić information content (AvgIpc) is 2.49. The summed E-state index contributed by atoms with van der Waals surface area (Å²) in [6.07, 6.45) is 7.63. The Morgan fingerprint density at radius 2 is 0.815 bits per heavy atom. The van der Waals surface area contributed by atoms with E-state index in [1.54, 1.807) is 0 Å². The zero-order valence-electron chi connectivity index (χ0n) is 18.1. The summed E-state index contributed by atoms with van der Waals surface area (Å²) >= 11 is 0. The van der Waals surface area contributed by atoms with Crippen LogP contribution in [0.1, 0.15) is 73.5 Å². The molecule has 0 fully saturated rings. The molecule has 0 atom stereocenters. The number of unbranched alkanes of at least 4 members (excludes halogenated alkanes) is 8. The van der Waals surface area contributed by atoms with E-state index in [1.165, 1.54) is 0 Å². The SMILES string of the molecule is O=P(O)(O)/C(CCCCCCCCCCC/C(=N\O)P(=O)(O)O)=N\O.[H-].[H-].[Na+].[Na+]. The van der Waals surface area contributed by atoms with Gasteiger partial charge in [-0.25, -0.2) is 0 Å². The zero-order chi connectivity index (χ0) is 19.3. The van der Waals surface area contributed by atoms with Crippen LogP contribution in [0.4, 0.5) is 0 Å². The van der Waals surface area contributed by atoms with Crippen molar-refractivity contribution in [2.24, 2.45) is 10.3 Å². The maximum atomic E-state index is 10.9. The van der Waals surface area contributed by atoms with Crippen molar-refractivity contribution in [3.8, 4) is 0 Å². The first-order valence-corrected chi connectivity index (χ1v) is 11.4. The zero-order valence-corrected chi connectivity index (χ0v) is 21.9. The molecule has 0 aromatic carbocycles. The number of hydrogen-bond donors (Lipinski definition) is 6. The van der Waals surface area contributed by atoms with Gasteiger partial charge in [0.05, 0.1) is 0 Å². The van der Waals surface area contributed by atoms with Gasteiger partial charge in [-0.1, -0.05) is 55.3 Å². The molecule has 0 bridgehead atoms. The summed E-state index contributed by atoms with van der Waals surface area (Å²) in [4.78, 5) is 35.5. The second-order valence-electron chi connectivity index (χ2n) is 5.80. The predicted octanol–water partition coefficient (Wildman–Crippen LogP) is -2.56. The molecule has 0 aliphatic carbocycles. The molecule has 0 unspecified atom stereocenters. The molecule has 0 heterocycles. The number of nitrogens with zero attached hydrogens (tertiary/aromatic N) is 2. The molecule has 0 saturated carbocycles. The Labute approximate surface area is 206 Å². The monoisotopic (exact) mass is 450 g/mol. The Morgan fingerprint density at radius 1 is 0.593 bits per heavy atom. The smallest absolute Gasteiger partial charge is 1.00 e. The third kappa shape index (κ3) is 17.8.